The van der Waals surface area contributed by atoms with E-state index in [0.717, 1.165) is 6.42 Å². The lowest BCUT2D eigenvalue weighted by Crippen LogP contribution is -2.44. The number of nitriles is 1. The van der Waals surface area contributed by atoms with Gasteiger partial charge < -0.3 is 0 Å². The van der Waals surface area contributed by atoms with Crippen LogP contribution in [-0.2, 0) is 0 Å². The van der Waals surface area contributed by atoms with Crippen LogP contribution in [0.2, 0.25) is 0 Å². The normalized spacial score (nSPS) is 19.0. The molecule has 2 unspecified atom stereocenters. The van der Waals surface area contributed by atoms with Crippen molar-refractivity contribution in [2.24, 2.45) is 0 Å². The Morgan fingerprint density at radius 2 is 1.90 bits per heavy atom. The molecule has 1 N–H and O–H groups in total. The van der Waals surface area contributed by atoms with Gasteiger partial charge in [-0.3, -0.25) is 5.32 Å². The van der Waals surface area contributed by atoms with Crippen LogP contribution in [0.3, 0.4) is 0 Å². The third-order valence-electron chi connectivity index (χ3n) is 3.93. The van der Waals surface area contributed by atoms with Crippen LogP contribution in [0, 0.1) is 11.3 Å². The Balaban J connectivity index is 1.90. The fourth-order valence-corrected chi connectivity index (χ4v) is 3.77. The molecule has 0 amide bonds. The highest BCUT2D eigenvalue weighted by atomic mass is 32.2. The van der Waals surface area contributed by atoms with Crippen molar-refractivity contribution in [1.29, 1.82) is 5.26 Å². The Kier molecular flexibility index (Phi) is 5.35. The summed E-state index contributed by atoms with van der Waals surface area (Å²) in [6, 6.07) is 11.9. The summed E-state index contributed by atoms with van der Waals surface area (Å²) in [5.41, 5.74) is 0.982. The second kappa shape index (κ2) is 6.85. The summed E-state index contributed by atoms with van der Waals surface area (Å²) in [4.78, 5) is 1.29. The molecule has 1 aliphatic carbocycles. The summed E-state index contributed by atoms with van der Waals surface area (Å²) in [6.07, 6.45) is 3.31. The SMILES string of the molecule is CC(CC(C)(C#N)NC1CC1)Sc1ccc(C(C)C)cc1. The smallest absolute Gasteiger partial charge is 0.105 e. The van der Waals surface area contributed by atoms with Crippen molar-refractivity contribution in [1.82, 2.24) is 5.32 Å². The number of nitrogens with zero attached hydrogens (tertiary/aromatic N) is 1. The molecule has 0 radical (unpaired) electrons. The predicted molar refractivity (Wildman–Crippen MR) is 90.6 cm³/mol. The maximum Gasteiger partial charge on any atom is 0.105 e. The molecule has 1 saturated carbocycles. The van der Waals surface area contributed by atoms with E-state index < -0.39 is 5.54 Å². The van der Waals surface area contributed by atoms with Gasteiger partial charge in [0, 0.05) is 16.2 Å². The Hall–Kier alpha value is -0.980. The summed E-state index contributed by atoms with van der Waals surface area (Å²) < 4.78 is 0. The van der Waals surface area contributed by atoms with Gasteiger partial charge in [0.15, 0.2) is 0 Å². The van der Waals surface area contributed by atoms with Crippen molar-refractivity contribution in [2.75, 3.05) is 0 Å². The molecule has 0 bridgehead atoms. The van der Waals surface area contributed by atoms with E-state index in [2.05, 4.69) is 56.4 Å². The van der Waals surface area contributed by atoms with Crippen LogP contribution in [0.1, 0.15) is 58.4 Å². The van der Waals surface area contributed by atoms with Gasteiger partial charge in [0.05, 0.1) is 6.07 Å². The molecule has 0 saturated heterocycles. The molecule has 0 heterocycles. The van der Waals surface area contributed by atoms with E-state index in [1.165, 1.54) is 23.3 Å². The molecular formula is C18H26N2S. The standard InChI is InChI=1S/C18H26N2S/c1-13(2)15-5-9-17(10-6-15)21-14(3)11-18(4,12-19)20-16-7-8-16/h5-6,9-10,13-14,16,20H,7-8,11H2,1-4H3. The topological polar surface area (TPSA) is 35.8 Å². The van der Waals surface area contributed by atoms with Crippen LogP contribution in [0.15, 0.2) is 29.2 Å². The first-order valence-electron chi connectivity index (χ1n) is 7.87. The van der Waals surface area contributed by atoms with Gasteiger partial charge in [0.25, 0.3) is 0 Å². The average Bonchev–Trinajstić information content (AvgIpc) is 3.22. The highest BCUT2D eigenvalue weighted by Crippen LogP contribution is 2.31. The zero-order valence-corrected chi connectivity index (χ0v) is 14.3. The van der Waals surface area contributed by atoms with Crippen LogP contribution < -0.4 is 5.32 Å². The summed E-state index contributed by atoms with van der Waals surface area (Å²) >= 11 is 1.86. The lowest BCUT2D eigenvalue weighted by Gasteiger charge is -2.26. The van der Waals surface area contributed by atoms with E-state index in [9.17, 15) is 5.26 Å². The maximum atomic E-state index is 9.45. The van der Waals surface area contributed by atoms with E-state index in [-0.39, 0.29) is 0 Å². The largest absolute Gasteiger partial charge is 0.297 e. The van der Waals surface area contributed by atoms with E-state index in [0.29, 0.717) is 17.2 Å². The zero-order chi connectivity index (χ0) is 15.5. The van der Waals surface area contributed by atoms with Crippen molar-refractivity contribution in [3.05, 3.63) is 29.8 Å². The Morgan fingerprint density at radius 1 is 1.29 bits per heavy atom. The van der Waals surface area contributed by atoms with Crippen LogP contribution >= 0.6 is 11.8 Å². The molecule has 1 fully saturated rings. The number of benzene rings is 1. The van der Waals surface area contributed by atoms with Crippen molar-refractivity contribution in [3.63, 3.8) is 0 Å². The minimum atomic E-state index is -0.397. The van der Waals surface area contributed by atoms with E-state index in [1.807, 2.05) is 18.7 Å². The number of rotatable bonds is 7. The fourth-order valence-electron chi connectivity index (χ4n) is 2.60. The second-order valence-corrected chi connectivity index (χ2v) is 8.23. The van der Waals surface area contributed by atoms with Crippen LogP contribution in [0.5, 0.6) is 0 Å². The molecule has 2 rings (SSSR count). The number of thioether (sulfide) groups is 1. The monoisotopic (exact) mass is 302 g/mol. The first-order chi connectivity index (χ1) is 9.92. The molecule has 0 spiro atoms. The molecule has 2 atom stereocenters. The number of hydrogen-bond donors (Lipinski definition) is 1. The average molecular weight is 302 g/mol. The lowest BCUT2D eigenvalue weighted by molar-refractivity contribution is 0.415. The Labute approximate surface area is 133 Å². The molecule has 3 heteroatoms. The van der Waals surface area contributed by atoms with E-state index in [4.69, 9.17) is 0 Å². The molecular weight excluding hydrogens is 276 g/mol. The van der Waals surface area contributed by atoms with Gasteiger partial charge in [-0.15, -0.1) is 11.8 Å². The fraction of sp³-hybridized carbons (Fsp3) is 0.611. The van der Waals surface area contributed by atoms with Crippen molar-refractivity contribution in [3.8, 4) is 6.07 Å². The maximum absolute atomic E-state index is 9.45. The van der Waals surface area contributed by atoms with Gasteiger partial charge in [-0.05, 0) is 49.8 Å². The van der Waals surface area contributed by atoms with Gasteiger partial charge in [0.1, 0.15) is 5.54 Å². The number of hydrogen-bond acceptors (Lipinski definition) is 3. The van der Waals surface area contributed by atoms with Crippen LogP contribution in [0.25, 0.3) is 0 Å². The van der Waals surface area contributed by atoms with E-state index in [1.54, 1.807) is 0 Å². The highest BCUT2D eigenvalue weighted by Gasteiger charge is 2.33. The quantitative estimate of drug-likeness (QED) is 0.741. The van der Waals surface area contributed by atoms with Crippen molar-refractivity contribution < 1.29 is 0 Å². The molecule has 1 aliphatic rings. The zero-order valence-electron chi connectivity index (χ0n) is 13.5. The van der Waals surface area contributed by atoms with Gasteiger partial charge in [-0.2, -0.15) is 5.26 Å². The van der Waals surface area contributed by atoms with Gasteiger partial charge in [-0.25, -0.2) is 0 Å². The van der Waals surface area contributed by atoms with E-state index >= 15 is 0 Å². The van der Waals surface area contributed by atoms with Crippen molar-refractivity contribution in [2.45, 2.75) is 74.6 Å². The molecule has 0 aliphatic heterocycles. The highest BCUT2D eigenvalue weighted by molar-refractivity contribution is 7.99. The summed E-state index contributed by atoms with van der Waals surface area (Å²) in [5.74, 6) is 0.575. The molecule has 21 heavy (non-hydrogen) atoms. The predicted octanol–water partition coefficient (Wildman–Crippen LogP) is 4.71. The minimum Gasteiger partial charge on any atom is -0.297 e. The summed E-state index contributed by atoms with van der Waals surface area (Å²) in [7, 11) is 0. The molecule has 2 nitrogen and oxygen atoms in total. The molecule has 1 aromatic carbocycles. The van der Waals surface area contributed by atoms with Crippen molar-refractivity contribution >= 4 is 11.8 Å². The first-order valence-corrected chi connectivity index (χ1v) is 8.75. The van der Waals surface area contributed by atoms with Crippen LogP contribution in [-0.4, -0.2) is 16.8 Å². The summed E-state index contributed by atoms with van der Waals surface area (Å²) in [6.45, 7) is 8.68. The molecule has 114 valence electrons. The lowest BCUT2D eigenvalue weighted by atomic mass is 9.98. The molecule has 0 aromatic heterocycles. The Morgan fingerprint density at radius 3 is 2.38 bits per heavy atom. The van der Waals surface area contributed by atoms with Gasteiger partial charge >= 0.3 is 0 Å². The Bertz CT molecular complexity index is 499. The third kappa shape index (κ3) is 5.05. The number of nitrogens with one attached hydrogen (secondary N) is 1. The minimum absolute atomic E-state index is 0.397. The second-order valence-electron chi connectivity index (χ2n) is 6.72. The van der Waals surface area contributed by atoms with Crippen LogP contribution in [0.4, 0.5) is 0 Å². The molecule has 1 aromatic rings. The van der Waals surface area contributed by atoms with Gasteiger partial charge in [0.2, 0.25) is 0 Å². The third-order valence-corrected chi connectivity index (χ3v) is 5.04. The first kappa shape index (κ1) is 16.4. The van der Waals surface area contributed by atoms with Gasteiger partial charge in [-0.1, -0.05) is 32.9 Å². The summed E-state index contributed by atoms with van der Waals surface area (Å²) in [5, 5.41) is 13.4.